The number of hydrogen-bond donors (Lipinski definition) is 1. The number of nitrogens with one attached hydrogen (secondary N) is 1. The number of aromatic nitrogens is 1. The van der Waals surface area contributed by atoms with Gasteiger partial charge in [0.1, 0.15) is 5.01 Å². The lowest BCUT2D eigenvalue weighted by atomic mass is 10.1. The quantitative estimate of drug-likeness (QED) is 0.900. The van der Waals surface area contributed by atoms with Gasteiger partial charge in [0, 0.05) is 17.6 Å². The predicted octanol–water partition coefficient (Wildman–Crippen LogP) is 3.87. The number of nitrogens with zero attached hydrogens (tertiary/aromatic N) is 1. The van der Waals surface area contributed by atoms with Crippen LogP contribution in [0.5, 0.6) is 0 Å². The van der Waals surface area contributed by atoms with Crippen molar-refractivity contribution in [2.75, 3.05) is 0 Å². The third kappa shape index (κ3) is 2.20. The van der Waals surface area contributed by atoms with Gasteiger partial charge in [-0.2, -0.15) is 0 Å². The lowest BCUT2D eigenvalue weighted by Crippen LogP contribution is -2.24. The molecular weight excluding hydrogens is 240 g/mol. The zero-order chi connectivity index (χ0) is 12.4. The molecule has 0 bridgehead atoms. The molecule has 1 aromatic carbocycles. The maximum atomic E-state index is 4.44. The van der Waals surface area contributed by atoms with Crippen molar-refractivity contribution in [2.45, 2.75) is 38.3 Å². The van der Waals surface area contributed by atoms with Crippen LogP contribution in [0.4, 0.5) is 0 Å². The number of benzene rings is 1. The average molecular weight is 258 g/mol. The van der Waals surface area contributed by atoms with E-state index in [2.05, 4.69) is 46.9 Å². The van der Waals surface area contributed by atoms with Crippen LogP contribution in [0, 0.1) is 0 Å². The molecule has 0 radical (unpaired) electrons. The van der Waals surface area contributed by atoms with Gasteiger partial charge < -0.3 is 5.32 Å². The molecule has 0 saturated heterocycles. The first-order chi connectivity index (χ1) is 8.88. The minimum absolute atomic E-state index is 0.390. The zero-order valence-electron chi connectivity index (χ0n) is 10.6. The minimum Gasteiger partial charge on any atom is -0.301 e. The SMILES string of the molecule is CCC(NC1CCc2ccccc21)c1nccs1. The van der Waals surface area contributed by atoms with Crippen LogP contribution < -0.4 is 5.32 Å². The summed E-state index contributed by atoms with van der Waals surface area (Å²) in [6.07, 6.45) is 5.39. The fourth-order valence-electron chi connectivity index (χ4n) is 2.74. The first-order valence-electron chi connectivity index (χ1n) is 6.61. The molecule has 1 N–H and O–H groups in total. The van der Waals surface area contributed by atoms with E-state index in [1.165, 1.54) is 29.0 Å². The molecule has 2 unspecified atom stereocenters. The van der Waals surface area contributed by atoms with Crippen LogP contribution >= 0.6 is 11.3 Å². The van der Waals surface area contributed by atoms with Crippen molar-refractivity contribution in [3.8, 4) is 0 Å². The summed E-state index contributed by atoms with van der Waals surface area (Å²) >= 11 is 1.75. The van der Waals surface area contributed by atoms with Crippen LogP contribution in [-0.2, 0) is 6.42 Å². The van der Waals surface area contributed by atoms with E-state index in [9.17, 15) is 0 Å². The van der Waals surface area contributed by atoms with E-state index in [0.29, 0.717) is 12.1 Å². The summed E-state index contributed by atoms with van der Waals surface area (Å²) in [6.45, 7) is 2.22. The second kappa shape index (κ2) is 5.21. The monoisotopic (exact) mass is 258 g/mol. The molecule has 94 valence electrons. The van der Waals surface area contributed by atoms with Crippen molar-refractivity contribution < 1.29 is 0 Å². The van der Waals surface area contributed by atoms with Gasteiger partial charge in [0.25, 0.3) is 0 Å². The van der Waals surface area contributed by atoms with Gasteiger partial charge in [-0.3, -0.25) is 0 Å². The van der Waals surface area contributed by atoms with Gasteiger partial charge in [0.05, 0.1) is 6.04 Å². The second-order valence-electron chi connectivity index (χ2n) is 4.79. The van der Waals surface area contributed by atoms with E-state index in [1.54, 1.807) is 11.3 Å². The molecule has 1 aliphatic rings. The molecular formula is C15H18N2S. The average Bonchev–Trinajstić information content (AvgIpc) is 3.06. The van der Waals surface area contributed by atoms with Crippen LogP contribution in [0.2, 0.25) is 0 Å². The Kier molecular flexibility index (Phi) is 3.43. The predicted molar refractivity (Wildman–Crippen MR) is 75.8 cm³/mol. The highest BCUT2D eigenvalue weighted by molar-refractivity contribution is 7.09. The molecule has 1 aromatic heterocycles. The fraction of sp³-hybridized carbons (Fsp3) is 0.400. The second-order valence-corrected chi connectivity index (χ2v) is 5.71. The van der Waals surface area contributed by atoms with Crippen molar-refractivity contribution in [1.29, 1.82) is 0 Å². The van der Waals surface area contributed by atoms with Gasteiger partial charge in [-0.05, 0) is 30.4 Å². The number of hydrogen-bond acceptors (Lipinski definition) is 3. The number of rotatable bonds is 4. The first-order valence-corrected chi connectivity index (χ1v) is 7.49. The topological polar surface area (TPSA) is 24.9 Å². The van der Waals surface area contributed by atoms with Crippen molar-refractivity contribution in [3.63, 3.8) is 0 Å². The summed E-state index contributed by atoms with van der Waals surface area (Å²) < 4.78 is 0. The van der Waals surface area contributed by atoms with E-state index in [4.69, 9.17) is 0 Å². The van der Waals surface area contributed by atoms with Crippen LogP contribution in [0.1, 0.15) is 48.0 Å². The van der Waals surface area contributed by atoms with Gasteiger partial charge in [0.15, 0.2) is 0 Å². The maximum Gasteiger partial charge on any atom is 0.109 e. The van der Waals surface area contributed by atoms with Gasteiger partial charge >= 0.3 is 0 Å². The highest BCUT2D eigenvalue weighted by Crippen LogP contribution is 2.33. The molecule has 0 saturated carbocycles. The molecule has 2 atom stereocenters. The first kappa shape index (κ1) is 11.9. The standard InChI is InChI=1S/C15H18N2S/c1-2-13(15-16-9-10-18-15)17-14-8-7-11-5-3-4-6-12(11)14/h3-6,9-10,13-14,17H,2,7-8H2,1H3. The lowest BCUT2D eigenvalue weighted by molar-refractivity contribution is 0.432. The Balaban J connectivity index is 1.77. The van der Waals surface area contributed by atoms with Crippen LogP contribution in [0.3, 0.4) is 0 Å². The summed E-state index contributed by atoms with van der Waals surface area (Å²) in [5, 5.41) is 7.04. The number of aryl methyl sites for hydroxylation is 1. The third-order valence-electron chi connectivity index (χ3n) is 3.69. The Morgan fingerprint density at radius 2 is 2.33 bits per heavy atom. The number of thiazole rings is 1. The molecule has 0 amide bonds. The van der Waals surface area contributed by atoms with Crippen molar-refractivity contribution in [1.82, 2.24) is 10.3 Å². The van der Waals surface area contributed by atoms with Crippen molar-refractivity contribution >= 4 is 11.3 Å². The van der Waals surface area contributed by atoms with Crippen LogP contribution in [0.25, 0.3) is 0 Å². The smallest absolute Gasteiger partial charge is 0.109 e. The Morgan fingerprint density at radius 1 is 1.44 bits per heavy atom. The van der Waals surface area contributed by atoms with Crippen molar-refractivity contribution in [3.05, 3.63) is 52.0 Å². The molecule has 1 aliphatic carbocycles. The lowest BCUT2D eigenvalue weighted by Gasteiger charge is -2.21. The molecule has 0 aliphatic heterocycles. The highest BCUT2D eigenvalue weighted by atomic mass is 32.1. The summed E-state index contributed by atoms with van der Waals surface area (Å²) in [4.78, 5) is 4.44. The molecule has 0 spiro atoms. The normalized spacial score (nSPS) is 19.7. The highest BCUT2D eigenvalue weighted by Gasteiger charge is 2.24. The van der Waals surface area contributed by atoms with E-state index < -0.39 is 0 Å². The Labute approximate surface area is 112 Å². The van der Waals surface area contributed by atoms with E-state index >= 15 is 0 Å². The van der Waals surface area contributed by atoms with E-state index in [-0.39, 0.29) is 0 Å². The fourth-order valence-corrected chi connectivity index (χ4v) is 3.53. The van der Waals surface area contributed by atoms with Gasteiger partial charge in [-0.25, -0.2) is 4.98 Å². The molecule has 0 fully saturated rings. The summed E-state index contributed by atoms with van der Waals surface area (Å²) in [7, 11) is 0. The Hall–Kier alpha value is -1.19. The molecule has 3 rings (SSSR count). The molecule has 2 aromatic rings. The minimum atomic E-state index is 0.390. The molecule has 18 heavy (non-hydrogen) atoms. The zero-order valence-corrected chi connectivity index (χ0v) is 11.4. The molecule has 2 nitrogen and oxygen atoms in total. The van der Waals surface area contributed by atoms with Gasteiger partial charge in [-0.15, -0.1) is 11.3 Å². The maximum absolute atomic E-state index is 4.44. The largest absolute Gasteiger partial charge is 0.301 e. The third-order valence-corrected chi connectivity index (χ3v) is 4.58. The van der Waals surface area contributed by atoms with Crippen molar-refractivity contribution in [2.24, 2.45) is 0 Å². The van der Waals surface area contributed by atoms with Gasteiger partial charge in [0.2, 0.25) is 0 Å². The Morgan fingerprint density at radius 3 is 3.11 bits per heavy atom. The summed E-state index contributed by atoms with van der Waals surface area (Å²) in [5.74, 6) is 0. The molecule has 3 heteroatoms. The van der Waals surface area contributed by atoms with Crippen LogP contribution in [-0.4, -0.2) is 4.98 Å². The van der Waals surface area contributed by atoms with E-state index in [1.807, 2.05) is 6.20 Å². The summed E-state index contributed by atoms with van der Waals surface area (Å²) in [5.41, 5.74) is 2.98. The summed E-state index contributed by atoms with van der Waals surface area (Å²) in [6, 6.07) is 9.68. The van der Waals surface area contributed by atoms with Gasteiger partial charge in [-0.1, -0.05) is 31.2 Å². The van der Waals surface area contributed by atoms with Crippen LogP contribution in [0.15, 0.2) is 35.8 Å². The Bertz CT molecular complexity index is 507. The molecule has 1 heterocycles. The number of fused-ring (bicyclic) bond motifs is 1. The van der Waals surface area contributed by atoms with E-state index in [0.717, 1.165) is 6.42 Å².